The number of rotatable bonds is 3. The van der Waals surface area contributed by atoms with Crippen molar-refractivity contribution < 1.29 is 37.3 Å². The number of carbonyl (C=O) groups excluding carboxylic acids is 1. The monoisotopic (exact) mass is 359 g/mol. The fourth-order valence-corrected chi connectivity index (χ4v) is 3.44. The molecule has 136 valence electrons. The predicted octanol–water partition coefficient (Wildman–Crippen LogP) is 2.15. The minimum absolute atomic E-state index is 0.0655. The smallest absolute Gasteiger partial charge is 0.481 e. The van der Waals surface area contributed by atoms with Crippen LogP contribution in [0, 0.1) is 11.3 Å². The van der Waals surface area contributed by atoms with Gasteiger partial charge in [-0.25, -0.2) is 0 Å². The van der Waals surface area contributed by atoms with E-state index in [1.165, 1.54) is 17.0 Å². The fourth-order valence-electron chi connectivity index (χ4n) is 3.44. The van der Waals surface area contributed by atoms with Gasteiger partial charge in [0.2, 0.25) is 0 Å². The molecule has 2 saturated heterocycles. The Morgan fingerprint density at radius 3 is 2.52 bits per heavy atom. The van der Waals surface area contributed by atoms with Gasteiger partial charge in [-0.2, -0.15) is 0 Å². The third-order valence-corrected chi connectivity index (χ3v) is 4.75. The molecule has 9 heteroatoms. The highest BCUT2D eigenvalue weighted by atomic mass is 19.4. The fraction of sp³-hybridized carbons (Fsp3) is 0.500. The number of carboxylic acids is 1. The molecule has 2 atom stereocenters. The van der Waals surface area contributed by atoms with Crippen LogP contribution in [0.5, 0.6) is 5.75 Å². The summed E-state index contributed by atoms with van der Waals surface area (Å²) in [6, 6.07) is 4.57. The number of fused-ring (bicyclic) bond motifs is 1. The van der Waals surface area contributed by atoms with Gasteiger partial charge < -0.3 is 19.5 Å². The maximum absolute atomic E-state index is 12.6. The van der Waals surface area contributed by atoms with Gasteiger partial charge in [0.1, 0.15) is 5.75 Å². The van der Waals surface area contributed by atoms with Crippen LogP contribution in [0.25, 0.3) is 0 Å². The van der Waals surface area contributed by atoms with Gasteiger partial charge in [-0.3, -0.25) is 9.59 Å². The summed E-state index contributed by atoms with van der Waals surface area (Å²) >= 11 is 0. The molecule has 1 N–H and O–H groups in total. The van der Waals surface area contributed by atoms with E-state index >= 15 is 0 Å². The topological polar surface area (TPSA) is 76.1 Å². The van der Waals surface area contributed by atoms with E-state index < -0.39 is 29.4 Å². The van der Waals surface area contributed by atoms with Crippen LogP contribution in [-0.2, 0) is 9.53 Å². The lowest BCUT2D eigenvalue weighted by molar-refractivity contribution is -0.274. The molecule has 1 aromatic rings. The van der Waals surface area contributed by atoms with Crippen molar-refractivity contribution >= 4 is 11.9 Å². The molecule has 2 fully saturated rings. The minimum Gasteiger partial charge on any atom is -0.481 e. The van der Waals surface area contributed by atoms with Crippen LogP contribution in [0.3, 0.4) is 0 Å². The van der Waals surface area contributed by atoms with Crippen molar-refractivity contribution in [3.8, 4) is 5.75 Å². The first-order chi connectivity index (χ1) is 11.7. The highest BCUT2D eigenvalue weighted by Gasteiger charge is 2.54. The summed E-state index contributed by atoms with van der Waals surface area (Å²) in [6.45, 7) is 0.907. The zero-order chi connectivity index (χ0) is 18.2. The van der Waals surface area contributed by atoms with E-state index in [4.69, 9.17) is 4.74 Å². The van der Waals surface area contributed by atoms with Crippen molar-refractivity contribution in [3.63, 3.8) is 0 Å². The number of nitrogens with zero attached hydrogens (tertiary/aromatic N) is 1. The van der Waals surface area contributed by atoms with Gasteiger partial charge in [0.05, 0.1) is 12.0 Å². The number of benzene rings is 1. The second-order valence-corrected chi connectivity index (χ2v) is 6.24. The maximum atomic E-state index is 12.6. The molecule has 2 aliphatic rings. The van der Waals surface area contributed by atoms with E-state index in [1.54, 1.807) is 0 Å². The van der Waals surface area contributed by atoms with Crippen molar-refractivity contribution in [2.75, 3.05) is 26.3 Å². The molecular formula is C16H16F3NO5. The van der Waals surface area contributed by atoms with Gasteiger partial charge in [0, 0.05) is 31.2 Å². The summed E-state index contributed by atoms with van der Waals surface area (Å²) in [4.78, 5) is 25.7. The lowest BCUT2D eigenvalue weighted by Crippen LogP contribution is -2.45. The normalized spacial score (nSPS) is 26.2. The van der Waals surface area contributed by atoms with Crippen LogP contribution >= 0.6 is 0 Å². The minimum atomic E-state index is -4.80. The largest absolute Gasteiger partial charge is 0.573 e. The summed E-state index contributed by atoms with van der Waals surface area (Å²) in [6.07, 6.45) is -4.47. The van der Waals surface area contributed by atoms with Crippen LogP contribution in [0.4, 0.5) is 13.2 Å². The number of alkyl halides is 3. The quantitative estimate of drug-likeness (QED) is 0.895. The number of hydrogen-bond acceptors (Lipinski definition) is 4. The van der Waals surface area contributed by atoms with E-state index in [0.29, 0.717) is 13.0 Å². The molecule has 3 rings (SSSR count). The summed E-state index contributed by atoms with van der Waals surface area (Å²) < 4.78 is 45.6. The molecule has 0 bridgehead atoms. The van der Waals surface area contributed by atoms with Gasteiger partial charge in [-0.1, -0.05) is 0 Å². The molecule has 1 aromatic carbocycles. The Labute approximate surface area is 141 Å². The Morgan fingerprint density at radius 1 is 1.28 bits per heavy atom. The summed E-state index contributed by atoms with van der Waals surface area (Å²) in [5, 5.41) is 9.60. The molecule has 0 aliphatic carbocycles. The lowest BCUT2D eigenvalue weighted by Gasteiger charge is -2.33. The molecule has 0 saturated carbocycles. The van der Waals surface area contributed by atoms with Crippen molar-refractivity contribution in [2.24, 2.45) is 11.3 Å². The number of hydrogen-bond donors (Lipinski definition) is 1. The van der Waals surface area contributed by atoms with Crippen LogP contribution < -0.4 is 4.74 Å². The molecule has 6 nitrogen and oxygen atoms in total. The molecule has 0 aromatic heterocycles. The van der Waals surface area contributed by atoms with E-state index in [9.17, 15) is 27.9 Å². The highest BCUT2D eigenvalue weighted by molar-refractivity contribution is 5.95. The van der Waals surface area contributed by atoms with Crippen molar-refractivity contribution in [1.29, 1.82) is 0 Å². The molecule has 0 radical (unpaired) electrons. The van der Waals surface area contributed by atoms with E-state index in [0.717, 1.165) is 12.1 Å². The summed E-state index contributed by atoms with van der Waals surface area (Å²) in [7, 11) is 0. The molecule has 2 heterocycles. The van der Waals surface area contributed by atoms with Crippen LogP contribution in [0.1, 0.15) is 16.8 Å². The number of amides is 1. The zero-order valence-corrected chi connectivity index (χ0v) is 13.1. The zero-order valence-electron chi connectivity index (χ0n) is 13.1. The van der Waals surface area contributed by atoms with E-state index in [2.05, 4.69) is 4.74 Å². The summed E-state index contributed by atoms with van der Waals surface area (Å²) in [5.74, 6) is -2.09. The Hall–Kier alpha value is -2.29. The van der Waals surface area contributed by atoms with Gasteiger partial charge in [0.15, 0.2) is 0 Å². The maximum Gasteiger partial charge on any atom is 0.573 e. The van der Waals surface area contributed by atoms with Gasteiger partial charge >= 0.3 is 12.3 Å². The molecule has 1 amide bonds. The van der Waals surface area contributed by atoms with Gasteiger partial charge in [-0.15, -0.1) is 13.2 Å². The SMILES string of the molecule is O=C(c1ccc(OC(F)(F)F)cc1)N1C[C@H]2COCC[C@@]2(C(=O)O)C1. The molecule has 0 unspecified atom stereocenters. The number of ether oxygens (including phenoxy) is 2. The van der Waals surface area contributed by atoms with Gasteiger partial charge in [-0.05, 0) is 30.7 Å². The molecular weight excluding hydrogens is 343 g/mol. The Morgan fingerprint density at radius 2 is 1.96 bits per heavy atom. The van der Waals surface area contributed by atoms with Crippen molar-refractivity contribution in [2.45, 2.75) is 12.8 Å². The Kier molecular flexibility index (Phi) is 4.36. The number of carboxylic acid groups (broad SMARTS) is 1. The number of halogens is 3. The standard InChI is InChI=1S/C16H16F3NO5/c17-16(18,19)25-12-3-1-10(2-4-12)13(21)20-7-11-8-24-6-5-15(11,9-20)14(22)23/h1-4,11H,5-9H2,(H,22,23)/t11-,15+/m0/s1. The highest BCUT2D eigenvalue weighted by Crippen LogP contribution is 2.42. The first-order valence-electron chi connectivity index (χ1n) is 7.67. The molecule has 0 spiro atoms. The molecule has 2 aliphatic heterocycles. The first kappa shape index (κ1) is 17.5. The third kappa shape index (κ3) is 3.41. The van der Waals surface area contributed by atoms with E-state index in [1.807, 2.05) is 0 Å². The van der Waals surface area contributed by atoms with E-state index in [-0.39, 0.29) is 31.2 Å². The number of likely N-dealkylation sites (tertiary alicyclic amines) is 1. The second-order valence-electron chi connectivity index (χ2n) is 6.24. The molecule has 25 heavy (non-hydrogen) atoms. The number of carbonyl (C=O) groups is 2. The summed E-state index contributed by atoms with van der Waals surface area (Å²) in [5.41, 5.74) is -0.845. The number of aliphatic carboxylic acids is 1. The van der Waals surface area contributed by atoms with Crippen LogP contribution in [0.15, 0.2) is 24.3 Å². The van der Waals surface area contributed by atoms with Crippen LogP contribution in [0.2, 0.25) is 0 Å². The van der Waals surface area contributed by atoms with Crippen molar-refractivity contribution in [1.82, 2.24) is 4.90 Å². The average molecular weight is 359 g/mol. The van der Waals surface area contributed by atoms with Gasteiger partial charge in [0.25, 0.3) is 5.91 Å². The van der Waals surface area contributed by atoms with Crippen LogP contribution in [-0.4, -0.2) is 54.5 Å². The van der Waals surface area contributed by atoms with Crippen molar-refractivity contribution in [3.05, 3.63) is 29.8 Å². The second kappa shape index (κ2) is 6.21. The Balaban J connectivity index is 1.74. The lowest BCUT2D eigenvalue weighted by atomic mass is 9.74. The predicted molar refractivity (Wildman–Crippen MR) is 78.0 cm³/mol. The Bertz CT molecular complexity index is 675. The first-order valence-corrected chi connectivity index (χ1v) is 7.67. The third-order valence-electron chi connectivity index (χ3n) is 4.75. The average Bonchev–Trinajstić information content (AvgIpc) is 2.94.